The van der Waals surface area contributed by atoms with Crippen LogP contribution in [0.5, 0.6) is 0 Å². The van der Waals surface area contributed by atoms with Gasteiger partial charge in [-0.1, -0.05) is 6.92 Å². The first-order valence-electron chi connectivity index (χ1n) is 7.83. The first kappa shape index (κ1) is 15.6. The molecule has 0 aromatic carbocycles. The molecule has 2 rings (SSSR count). The third-order valence-corrected chi connectivity index (χ3v) is 4.02. The molecule has 0 aliphatic carbocycles. The lowest BCUT2D eigenvalue weighted by atomic mass is 9.99. The third kappa shape index (κ3) is 4.34. The molecule has 1 aliphatic rings. The van der Waals surface area contributed by atoms with Gasteiger partial charge in [-0.2, -0.15) is 0 Å². The van der Waals surface area contributed by atoms with Crippen LogP contribution < -0.4 is 5.32 Å². The maximum atomic E-state index is 12.2. The van der Waals surface area contributed by atoms with Crippen molar-refractivity contribution in [1.29, 1.82) is 0 Å². The first-order chi connectivity index (χ1) is 10.2. The predicted molar refractivity (Wildman–Crippen MR) is 79.9 cm³/mol. The Bertz CT molecular complexity index is 456. The van der Waals surface area contributed by atoms with Crippen molar-refractivity contribution in [2.45, 2.75) is 51.5 Å². The summed E-state index contributed by atoms with van der Waals surface area (Å²) < 4.78 is 5.01. The normalized spacial score (nSPS) is 18.5. The van der Waals surface area contributed by atoms with E-state index in [1.807, 2.05) is 4.90 Å². The molecule has 1 fully saturated rings. The van der Waals surface area contributed by atoms with E-state index in [1.165, 1.54) is 12.7 Å². The summed E-state index contributed by atoms with van der Waals surface area (Å²) in [5, 5.41) is 2.77. The van der Waals surface area contributed by atoms with Crippen LogP contribution >= 0.6 is 0 Å². The highest BCUT2D eigenvalue weighted by Crippen LogP contribution is 2.20. The first-order valence-corrected chi connectivity index (χ1v) is 7.83. The molecule has 2 heterocycles. The number of carbonyl (C=O) groups excluding carboxylic acids is 2. The fourth-order valence-electron chi connectivity index (χ4n) is 2.83. The van der Waals surface area contributed by atoms with Crippen molar-refractivity contribution in [1.82, 2.24) is 10.2 Å². The highest BCUT2D eigenvalue weighted by atomic mass is 16.3. The van der Waals surface area contributed by atoms with Crippen molar-refractivity contribution in [3.8, 4) is 0 Å². The van der Waals surface area contributed by atoms with Gasteiger partial charge < -0.3 is 14.6 Å². The van der Waals surface area contributed by atoms with Crippen LogP contribution in [-0.4, -0.2) is 35.8 Å². The zero-order valence-corrected chi connectivity index (χ0v) is 12.6. The van der Waals surface area contributed by atoms with Gasteiger partial charge in [0.1, 0.15) is 0 Å². The average Bonchev–Trinajstić information content (AvgIpc) is 3.05. The topological polar surface area (TPSA) is 62.6 Å². The van der Waals surface area contributed by atoms with E-state index in [0.29, 0.717) is 31.2 Å². The fourth-order valence-corrected chi connectivity index (χ4v) is 2.83. The van der Waals surface area contributed by atoms with E-state index in [-0.39, 0.29) is 11.8 Å². The van der Waals surface area contributed by atoms with Crippen LogP contribution in [0.3, 0.4) is 0 Å². The number of amides is 2. The van der Waals surface area contributed by atoms with E-state index in [4.69, 9.17) is 4.42 Å². The molecule has 21 heavy (non-hydrogen) atoms. The molecule has 5 heteroatoms. The molecule has 0 spiro atoms. The van der Waals surface area contributed by atoms with Crippen LogP contribution in [0.1, 0.15) is 56.0 Å². The summed E-state index contributed by atoms with van der Waals surface area (Å²) in [4.78, 5) is 25.9. The minimum absolute atomic E-state index is 0.216. The van der Waals surface area contributed by atoms with Crippen LogP contribution in [0.15, 0.2) is 22.8 Å². The van der Waals surface area contributed by atoms with Crippen molar-refractivity contribution in [2.75, 3.05) is 13.1 Å². The lowest BCUT2D eigenvalue weighted by Gasteiger charge is -2.35. The number of nitrogens with one attached hydrogen (secondary N) is 1. The zero-order valence-electron chi connectivity index (χ0n) is 12.6. The van der Waals surface area contributed by atoms with Gasteiger partial charge in [-0.3, -0.25) is 9.59 Å². The highest BCUT2D eigenvalue weighted by Gasteiger charge is 2.24. The van der Waals surface area contributed by atoms with Gasteiger partial charge in [0.2, 0.25) is 5.91 Å². The Labute approximate surface area is 125 Å². The molecule has 1 aromatic rings. The van der Waals surface area contributed by atoms with Gasteiger partial charge in [0.15, 0.2) is 5.76 Å². The molecule has 0 saturated carbocycles. The van der Waals surface area contributed by atoms with Crippen molar-refractivity contribution in [3.63, 3.8) is 0 Å². The highest BCUT2D eigenvalue weighted by molar-refractivity contribution is 5.91. The summed E-state index contributed by atoms with van der Waals surface area (Å²) in [5.74, 6) is 0.300. The van der Waals surface area contributed by atoms with E-state index in [2.05, 4.69) is 12.2 Å². The molecule has 1 aliphatic heterocycles. The summed E-state index contributed by atoms with van der Waals surface area (Å²) >= 11 is 0. The zero-order chi connectivity index (χ0) is 15.1. The Balaban J connectivity index is 1.68. The van der Waals surface area contributed by atoms with E-state index in [9.17, 15) is 9.59 Å². The summed E-state index contributed by atoms with van der Waals surface area (Å²) in [6.45, 7) is 3.52. The molecule has 1 N–H and O–H groups in total. The predicted octanol–water partition coefficient (Wildman–Crippen LogP) is 2.58. The van der Waals surface area contributed by atoms with Crippen LogP contribution in [0.4, 0.5) is 0 Å². The third-order valence-electron chi connectivity index (χ3n) is 4.02. The Hall–Kier alpha value is -1.78. The lowest BCUT2D eigenvalue weighted by Crippen LogP contribution is -2.43. The molecule has 1 aromatic heterocycles. The number of likely N-dealkylation sites (tertiary alicyclic amines) is 1. The Morgan fingerprint density at radius 1 is 1.43 bits per heavy atom. The van der Waals surface area contributed by atoms with Gasteiger partial charge in [0, 0.05) is 25.6 Å². The molecular weight excluding hydrogens is 268 g/mol. The monoisotopic (exact) mass is 292 g/mol. The molecule has 0 radical (unpaired) electrons. The lowest BCUT2D eigenvalue weighted by molar-refractivity contribution is -0.135. The SMILES string of the molecule is CCC1CCCCN1C(=O)CCCNC(=O)c1ccco1. The second-order valence-electron chi connectivity index (χ2n) is 5.48. The van der Waals surface area contributed by atoms with Gasteiger partial charge in [0.05, 0.1) is 6.26 Å². The smallest absolute Gasteiger partial charge is 0.286 e. The quantitative estimate of drug-likeness (QED) is 0.820. The Kier molecular flexibility index (Phi) is 5.84. The molecule has 0 bridgehead atoms. The van der Waals surface area contributed by atoms with Crippen molar-refractivity contribution >= 4 is 11.8 Å². The van der Waals surface area contributed by atoms with Crippen LogP contribution in [0.2, 0.25) is 0 Å². The van der Waals surface area contributed by atoms with E-state index in [0.717, 1.165) is 25.8 Å². The van der Waals surface area contributed by atoms with Gasteiger partial charge in [-0.05, 0) is 44.2 Å². The average molecular weight is 292 g/mol. The number of hydrogen-bond acceptors (Lipinski definition) is 3. The maximum Gasteiger partial charge on any atom is 0.286 e. The summed E-state index contributed by atoms with van der Waals surface area (Å²) in [6, 6.07) is 3.71. The van der Waals surface area contributed by atoms with E-state index < -0.39 is 0 Å². The van der Waals surface area contributed by atoms with Gasteiger partial charge in [-0.25, -0.2) is 0 Å². The standard InChI is InChI=1S/C16H24N2O3/c1-2-13-7-3-4-11-18(13)15(19)9-5-10-17-16(20)14-8-6-12-21-14/h6,8,12-13H,2-5,7,9-11H2,1H3,(H,17,20). The number of rotatable bonds is 6. The van der Waals surface area contributed by atoms with E-state index in [1.54, 1.807) is 12.1 Å². The fraction of sp³-hybridized carbons (Fsp3) is 0.625. The molecule has 2 amide bonds. The summed E-state index contributed by atoms with van der Waals surface area (Å²) in [6.07, 6.45) is 7.12. The second kappa shape index (κ2) is 7.86. The van der Waals surface area contributed by atoms with Crippen LogP contribution in [-0.2, 0) is 4.79 Å². The summed E-state index contributed by atoms with van der Waals surface area (Å²) in [7, 11) is 0. The molecule has 1 atom stereocenters. The minimum Gasteiger partial charge on any atom is -0.459 e. The van der Waals surface area contributed by atoms with Gasteiger partial charge >= 0.3 is 0 Å². The number of piperidine rings is 1. The van der Waals surface area contributed by atoms with Crippen molar-refractivity contribution in [3.05, 3.63) is 24.2 Å². The van der Waals surface area contributed by atoms with Gasteiger partial charge in [-0.15, -0.1) is 0 Å². The van der Waals surface area contributed by atoms with E-state index >= 15 is 0 Å². The van der Waals surface area contributed by atoms with Crippen molar-refractivity contribution < 1.29 is 14.0 Å². The molecule has 5 nitrogen and oxygen atoms in total. The van der Waals surface area contributed by atoms with Crippen LogP contribution in [0, 0.1) is 0 Å². The molecule has 1 unspecified atom stereocenters. The van der Waals surface area contributed by atoms with Gasteiger partial charge in [0.25, 0.3) is 5.91 Å². The molecular formula is C16H24N2O3. The molecule has 116 valence electrons. The van der Waals surface area contributed by atoms with Crippen molar-refractivity contribution in [2.24, 2.45) is 0 Å². The number of furan rings is 1. The number of nitrogens with zero attached hydrogens (tertiary/aromatic N) is 1. The number of carbonyl (C=O) groups is 2. The number of hydrogen-bond donors (Lipinski definition) is 1. The molecule has 1 saturated heterocycles. The minimum atomic E-state index is -0.225. The Morgan fingerprint density at radius 3 is 3.00 bits per heavy atom. The maximum absolute atomic E-state index is 12.2. The Morgan fingerprint density at radius 2 is 2.29 bits per heavy atom. The van der Waals surface area contributed by atoms with Crippen LogP contribution in [0.25, 0.3) is 0 Å². The second-order valence-corrected chi connectivity index (χ2v) is 5.48. The summed E-state index contributed by atoms with van der Waals surface area (Å²) in [5.41, 5.74) is 0. The largest absolute Gasteiger partial charge is 0.459 e.